The van der Waals surface area contributed by atoms with Crippen LogP contribution in [0.5, 0.6) is 0 Å². The van der Waals surface area contributed by atoms with Gasteiger partial charge >= 0.3 is 0 Å². The molecule has 0 atom stereocenters. The summed E-state index contributed by atoms with van der Waals surface area (Å²) in [5.74, 6) is -0.275. The fourth-order valence-electron chi connectivity index (χ4n) is 0.309. The van der Waals surface area contributed by atoms with E-state index in [2.05, 4.69) is 0 Å². The molecule has 0 aromatic heterocycles. The molecule has 0 aliphatic rings. The van der Waals surface area contributed by atoms with E-state index >= 15 is 0 Å². The molecule has 5 heteroatoms. The van der Waals surface area contributed by atoms with Crippen LogP contribution in [-0.4, -0.2) is 20.7 Å². The molecular formula is C4H8FNO2S. The van der Waals surface area contributed by atoms with Gasteiger partial charge in [-0.1, -0.05) is 0 Å². The van der Waals surface area contributed by atoms with Gasteiger partial charge in [0.25, 0.3) is 0 Å². The van der Waals surface area contributed by atoms with E-state index < -0.39 is 10.7 Å². The molecule has 0 heterocycles. The molecule has 0 radical (unpaired) electrons. The third-order valence-corrected chi connectivity index (χ3v) is 1.41. The predicted octanol–water partition coefficient (Wildman–Crippen LogP) is -0.590. The lowest BCUT2D eigenvalue weighted by molar-refractivity contribution is 0.615. The van der Waals surface area contributed by atoms with Crippen molar-refractivity contribution >= 4 is 10.7 Å². The van der Waals surface area contributed by atoms with Crippen LogP contribution in [0.3, 0.4) is 0 Å². The third kappa shape index (κ3) is 4.11. The molecule has 0 aliphatic carbocycles. The molecule has 2 N–H and O–H groups in total. The zero-order valence-electron chi connectivity index (χ0n) is 4.71. The second-order valence-electron chi connectivity index (χ2n) is 1.46. The van der Waals surface area contributed by atoms with E-state index in [1.807, 2.05) is 0 Å². The molecule has 54 valence electrons. The van der Waals surface area contributed by atoms with Gasteiger partial charge in [-0.25, -0.2) is 12.8 Å². The van der Waals surface area contributed by atoms with Crippen molar-refractivity contribution in [1.82, 2.24) is 0 Å². The number of hydrogen-bond donors (Lipinski definition) is 2. The van der Waals surface area contributed by atoms with Crippen LogP contribution in [0.4, 0.5) is 4.39 Å². The van der Waals surface area contributed by atoms with E-state index in [4.69, 9.17) is 5.73 Å². The minimum atomic E-state index is -2.54. The van der Waals surface area contributed by atoms with Gasteiger partial charge < -0.3 is 5.73 Å². The average molecular weight is 153 g/mol. The molecule has 0 fully saturated rings. The normalized spacial score (nSPS) is 12.6. The Morgan fingerprint density at radius 3 is 2.33 bits per heavy atom. The van der Waals surface area contributed by atoms with Gasteiger partial charge in [-0.05, 0) is 5.57 Å². The first-order valence-corrected chi connectivity index (χ1v) is 3.67. The lowest BCUT2D eigenvalue weighted by Crippen LogP contribution is -2.06. The fourth-order valence-corrected chi connectivity index (χ4v) is 0.839. The fraction of sp³-hybridized carbons (Fsp3) is 0.500. The van der Waals surface area contributed by atoms with Crippen LogP contribution in [0.25, 0.3) is 0 Å². The second-order valence-corrected chi connectivity index (χ2v) is 2.44. The SMILES string of the molecule is NCC(=CF)C[SH](=O)=O. The van der Waals surface area contributed by atoms with E-state index in [9.17, 15) is 12.8 Å². The van der Waals surface area contributed by atoms with Crippen molar-refractivity contribution in [2.75, 3.05) is 12.3 Å². The molecule has 0 unspecified atom stereocenters. The van der Waals surface area contributed by atoms with Gasteiger partial charge in [-0.15, -0.1) is 0 Å². The van der Waals surface area contributed by atoms with Crippen LogP contribution in [0.15, 0.2) is 11.9 Å². The van der Waals surface area contributed by atoms with E-state index in [1.165, 1.54) is 0 Å². The predicted molar refractivity (Wildman–Crippen MR) is 33.4 cm³/mol. The first-order valence-electron chi connectivity index (χ1n) is 2.30. The number of hydrogen-bond acceptors (Lipinski definition) is 3. The van der Waals surface area contributed by atoms with E-state index in [0.717, 1.165) is 0 Å². The molecule has 0 amide bonds. The Balaban J connectivity index is 3.86. The van der Waals surface area contributed by atoms with Crippen LogP contribution >= 0.6 is 0 Å². The van der Waals surface area contributed by atoms with Gasteiger partial charge in [-0.3, -0.25) is 0 Å². The first kappa shape index (κ1) is 8.58. The van der Waals surface area contributed by atoms with Crippen LogP contribution in [0, 0.1) is 0 Å². The molecule has 0 saturated carbocycles. The summed E-state index contributed by atoms with van der Waals surface area (Å²) in [7, 11) is -2.54. The minimum absolute atomic E-state index is 0.0419. The Labute approximate surface area is 54.3 Å². The highest BCUT2D eigenvalue weighted by atomic mass is 32.2. The second kappa shape index (κ2) is 4.46. The molecule has 0 spiro atoms. The quantitative estimate of drug-likeness (QED) is 0.533. The maximum atomic E-state index is 11.5. The summed E-state index contributed by atoms with van der Waals surface area (Å²) < 4.78 is 31.3. The minimum Gasteiger partial charge on any atom is -0.327 e. The van der Waals surface area contributed by atoms with E-state index in [0.29, 0.717) is 0 Å². The van der Waals surface area contributed by atoms with Gasteiger partial charge in [0.15, 0.2) is 0 Å². The van der Waals surface area contributed by atoms with Gasteiger partial charge in [-0.2, -0.15) is 0 Å². The summed E-state index contributed by atoms with van der Waals surface area (Å²) in [5, 5.41) is 0. The lowest BCUT2D eigenvalue weighted by Gasteiger charge is -1.91. The summed E-state index contributed by atoms with van der Waals surface area (Å²) in [6.07, 6.45) is 0.227. The highest BCUT2D eigenvalue weighted by Crippen LogP contribution is 1.90. The number of rotatable bonds is 3. The van der Waals surface area contributed by atoms with Gasteiger partial charge in [0.05, 0.1) is 12.1 Å². The van der Waals surface area contributed by atoms with Crippen LogP contribution in [0.1, 0.15) is 0 Å². The van der Waals surface area contributed by atoms with E-state index in [1.54, 1.807) is 0 Å². The van der Waals surface area contributed by atoms with Gasteiger partial charge in [0.1, 0.15) is 10.7 Å². The third-order valence-electron chi connectivity index (χ3n) is 0.749. The Morgan fingerprint density at radius 2 is 2.22 bits per heavy atom. The molecule has 0 aromatic carbocycles. The van der Waals surface area contributed by atoms with Crippen molar-refractivity contribution in [3.05, 3.63) is 11.9 Å². The summed E-state index contributed by atoms with van der Waals surface area (Å²) in [6, 6.07) is 0. The Kier molecular flexibility index (Phi) is 4.25. The topological polar surface area (TPSA) is 60.2 Å². The maximum Gasteiger partial charge on any atom is 0.144 e. The zero-order valence-corrected chi connectivity index (χ0v) is 5.61. The Bertz CT molecular complexity index is 167. The smallest absolute Gasteiger partial charge is 0.144 e. The number of nitrogens with two attached hydrogens (primary N) is 1. The highest BCUT2D eigenvalue weighted by Gasteiger charge is 1.94. The Hall–Kier alpha value is -0.420. The Morgan fingerprint density at radius 1 is 1.67 bits per heavy atom. The number of halogens is 1. The zero-order chi connectivity index (χ0) is 7.28. The van der Waals surface area contributed by atoms with Gasteiger partial charge in [0, 0.05) is 6.54 Å². The monoisotopic (exact) mass is 153 g/mol. The molecule has 0 aliphatic heterocycles. The van der Waals surface area contributed by atoms with Crippen molar-refractivity contribution in [3.8, 4) is 0 Å². The number of thiol groups is 1. The first-order chi connectivity index (χ1) is 4.20. The van der Waals surface area contributed by atoms with Crippen molar-refractivity contribution in [2.45, 2.75) is 0 Å². The van der Waals surface area contributed by atoms with Crippen LogP contribution < -0.4 is 5.73 Å². The van der Waals surface area contributed by atoms with Gasteiger partial charge in [0.2, 0.25) is 0 Å². The summed E-state index contributed by atoms with van der Waals surface area (Å²) in [5.41, 5.74) is 5.06. The summed E-state index contributed by atoms with van der Waals surface area (Å²) >= 11 is 0. The van der Waals surface area contributed by atoms with Crippen molar-refractivity contribution in [1.29, 1.82) is 0 Å². The molecule has 9 heavy (non-hydrogen) atoms. The standard InChI is InChI=1S/C4H8FNO2S/c5-1-4(2-6)3-9(7)8/h1,9H,2-3,6H2. The van der Waals surface area contributed by atoms with Crippen molar-refractivity contribution in [2.24, 2.45) is 5.73 Å². The summed E-state index contributed by atoms with van der Waals surface area (Å²) in [6.45, 7) is -0.0419. The highest BCUT2D eigenvalue weighted by molar-refractivity contribution is 7.72. The summed E-state index contributed by atoms with van der Waals surface area (Å²) in [4.78, 5) is 0. The maximum absolute atomic E-state index is 11.5. The molecule has 3 nitrogen and oxygen atoms in total. The molecule has 0 saturated heterocycles. The van der Waals surface area contributed by atoms with Crippen molar-refractivity contribution < 1.29 is 12.8 Å². The van der Waals surface area contributed by atoms with Crippen LogP contribution in [-0.2, 0) is 10.7 Å². The average Bonchev–Trinajstić information content (AvgIpc) is 1.82. The van der Waals surface area contributed by atoms with E-state index in [-0.39, 0.29) is 24.2 Å². The molecule has 0 aromatic rings. The largest absolute Gasteiger partial charge is 0.327 e. The molecular weight excluding hydrogens is 145 g/mol. The lowest BCUT2D eigenvalue weighted by atomic mass is 10.3. The van der Waals surface area contributed by atoms with Crippen LogP contribution in [0.2, 0.25) is 0 Å². The molecule has 0 bridgehead atoms. The molecule has 0 rings (SSSR count). The van der Waals surface area contributed by atoms with Crippen molar-refractivity contribution in [3.63, 3.8) is 0 Å².